The van der Waals surface area contributed by atoms with Crippen LogP contribution in [0.2, 0.25) is 0 Å². The minimum Gasteiger partial charge on any atom is -0.339 e. The summed E-state index contributed by atoms with van der Waals surface area (Å²) in [6.45, 7) is 0. The Kier molecular flexibility index (Phi) is 3.51. The first-order chi connectivity index (χ1) is 11.3. The van der Waals surface area contributed by atoms with Gasteiger partial charge in [0.05, 0.1) is 17.3 Å². The Balaban J connectivity index is 1.79. The van der Waals surface area contributed by atoms with E-state index in [-0.39, 0.29) is 0 Å². The van der Waals surface area contributed by atoms with E-state index in [0.29, 0.717) is 0 Å². The van der Waals surface area contributed by atoms with Crippen LogP contribution in [0, 0.1) is 0 Å². The number of para-hydroxylation sites is 1. The molecule has 6 heteroatoms. The second-order valence-electron chi connectivity index (χ2n) is 4.99. The molecule has 4 rings (SSSR count). The minimum absolute atomic E-state index is 0.732. The lowest BCUT2D eigenvalue weighted by Crippen LogP contribution is -1.99. The number of aromatic nitrogens is 4. The number of hydrogen-bond donors (Lipinski definition) is 1. The van der Waals surface area contributed by atoms with Gasteiger partial charge in [0.2, 0.25) is 0 Å². The quantitative estimate of drug-likeness (QED) is 0.587. The molecule has 0 radical (unpaired) electrons. The maximum atomic E-state index is 4.45. The number of nitrogens with zero attached hydrogens (tertiary/aromatic N) is 4. The van der Waals surface area contributed by atoms with Crippen LogP contribution in [0.15, 0.2) is 71.6 Å². The van der Waals surface area contributed by atoms with Crippen molar-refractivity contribution in [1.29, 1.82) is 0 Å². The summed E-state index contributed by atoms with van der Waals surface area (Å²) in [5, 5.41) is 8.64. The molecule has 112 valence electrons. The third kappa shape index (κ3) is 2.68. The molecule has 1 N–H and O–H groups in total. The molecule has 0 bridgehead atoms. The molecule has 23 heavy (non-hydrogen) atoms. The van der Waals surface area contributed by atoms with Gasteiger partial charge in [0.25, 0.3) is 0 Å². The molecule has 0 amide bonds. The van der Waals surface area contributed by atoms with E-state index in [9.17, 15) is 0 Å². The molecule has 0 aliphatic heterocycles. The van der Waals surface area contributed by atoms with Crippen molar-refractivity contribution in [3.05, 3.63) is 71.6 Å². The molecule has 0 atom stereocenters. The number of fused-ring (bicyclic) bond motifs is 1. The normalized spacial score (nSPS) is 10.8. The summed E-state index contributed by atoms with van der Waals surface area (Å²) in [5.41, 5.74) is 2.69. The SMILES string of the molecule is Brc1cccc(Nc2ncnc3c2cnn3-c2ccccc2)c1. The zero-order valence-corrected chi connectivity index (χ0v) is 13.6. The van der Waals surface area contributed by atoms with Gasteiger partial charge in [-0.1, -0.05) is 40.2 Å². The summed E-state index contributed by atoms with van der Waals surface area (Å²) in [6.07, 6.45) is 3.33. The van der Waals surface area contributed by atoms with Crippen molar-refractivity contribution in [1.82, 2.24) is 19.7 Å². The first-order valence-electron chi connectivity index (χ1n) is 7.08. The van der Waals surface area contributed by atoms with Crippen molar-refractivity contribution in [2.75, 3.05) is 5.32 Å². The van der Waals surface area contributed by atoms with E-state index >= 15 is 0 Å². The van der Waals surface area contributed by atoms with E-state index in [1.165, 1.54) is 0 Å². The number of halogens is 1. The monoisotopic (exact) mass is 365 g/mol. The van der Waals surface area contributed by atoms with Gasteiger partial charge < -0.3 is 5.32 Å². The van der Waals surface area contributed by atoms with Crippen LogP contribution >= 0.6 is 15.9 Å². The third-order valence-electron chi connectivity index (χ3n) is 3.45. The first-order valence-corrected chi connectivity index (χ1v) is 7.87. The van der Waals surface area contributed by atoms with Crippen LogP contribution in [-0.4, -0.2) is 19.7 Å². The molecule has 0 fully saturated rings. The molecule has 0 unspecified atom stereocenters. The maximum Gasteiger partial charge on any atom is 0.168 e. The lowest BCUT2D eigenvalue weighted by Gasteiger charge is -2.07. The van der Waals surface area contributed by atoms with Gasteiger partial charge in [0.1, 0.15) is 12.1 Å². The second kappa shape index (κ2) is 5.81. The van der Waals surface area contributed by atoms with Gasteiger partial charge in [-0.05, 0) is 30.3 Å². The van der Waals surface area contributed by atoms with Crippen molar-refractivity contribution in [3.8, 4) is 5.69 Å². The average molecular weight is 366 g/mol. The summed E-state index contributed by atoms with van der Waals surface area (Å²) >= 11 is 3.47. The second-order valence-corrected chi connectivity index (χ2v) is 5.90. The largest absolute Gasteiger partial charge is 0.339 e. The summed E-state index contributed by atoms with van der Waals surface area (Å²) < 4.78 is 2.82. The van der Waals surface area contributed by atoms with E-state index in [4.69, 9.17) is 0 Å². The van der Waals surface area contributed by atoms with Gasteiger partial charge in [-0.2, -0.15) is 5.10 Å². The standard InChI is InChI=1S/C17H12BrN5/c18-12-5-4-6-13(9-12)22-16-15-10-21-23(17(15)20-11-19-16)14-7-2-1-3-8-14/h1-11H,(H,19,20,22). The summed E-state index contributed by atoms with van der Waals surface area (Å²) in [6, 6.07) is 17.9. The first kappa shape index (κ1) is 13.9. The van der Waals surface area contributed by atoms with Crippen molar-refractivity contribution in [2.24, 2.45) is 0 Å². The number of rotatable bonds is 3. The van der Waals surface area contributed by atoms with Crippen LogP contribution in [0.3, 0.4) is 0 Å². The number of anilines is 2. The van der Waals surface area contributed by atoms with Crippen LogP contribution in [-0.2, 0) is 0 Å². The van der Waals surface area contributed by atoms with E-state index in [2.05, 4.69) is 36.3 Å². The molecule has 0 saturated carbocycles. The average Bonchev–Trinajstić information content (AvgIpc) is 3.01. The van der Waals surface area contributed by atoms with Gasteiger partial charge in [-0.25, -0.2) is 14.6 Å². The molecule has 0 saturated heterocycles. The van der Waals surface area contributed by atoms with Gasteiger partial charge in [-0.3, -0.25) is 0 Å². The Morgan fingerprint density at radius 1 is 0.957 bits per heavy atom. The van der Waals surface area contributed by atoms with Crippen molar-refractivity contribution in [3.63, 3.8) is 0 Å². The Morgan fingerprint density at radius 3 is 2.65 bits per heavy atom. The Bertz CT molecular complexity index is 965. The lowest BCUT2D eigenvalue weighted by atomic mass is 10.3. The van der Waals surface area contributed by atoms with Crippen LogP contribution in [0.5, 0.6) is 0 Å². The predicted molar refractivity (Wildman–Crippen MR) is 94.1 cm³/mol. The molecule has 5 nitrogen and oxygen atoms in total. The van der Waals surface area contributed by atoms with Crippen molar-refractivity contribution >= 4 is 38.5 Å². The van der Waals surface area contributed by atoms with Crippen LogP contribution in [0.25, 0.3) is 16.7 Å². The maximum absolute atomic E-state index is 4.45. The molecule has 4 aromatic rings. The van der Waals surface area contributed by atoms with E-state index in [1.54, 1.807) is 12.5 Å². The third-order valence-corrected chi connectivity index (χ3v) is 3.95. The zero-order chi connectivity index (χ0) is 15.6. The molecule has 2 aromatic carbocycles. The highest BCUT2D eigenvalue weighted by molar-refractivity contribution is 9.10. The number of nitrogens with one attached hydrogen (secondary N) is 1. The smallest absolute Gasteiger partial charge is 0.168 e. The fourth-order valence-electron chi connectivity index (χ4n) is 2.40. The van der Waals surface area contributed by atoms with Crippen molar-refractivity contribution in [2.45, 2.75) is 0 Å². The summed E-state index contributed by atoms with van der Waals surface area (Å²) in [7, 11) is 0. The Labute approximate surface area is 141 Å². The molecule has 0 aliphatic carbocycles. The van der Waals surface area contributed by atoms with Gasteiger partial charge in [-0.15, -0.1) is 0 Å². The predicted octanol–water partition coefficient (Wildman–Crippen LogP) is 4.32. The molecule has 2 heterocycles. The zero-order valence-electron chi connectivity index (χ0n) is 12.0. The van der Waals surface area contributed by atoms with Gasteiger partial charge >= 0.3 is 0 Å². The fraction of sp³-hybridized carbons (Fsp3) is 0. The number of hydrogen-bond acceptors (Lipinski definition) is 4. The molecular weight excluding hydrogens is 354 g/mol. The van der Waals surface area contributed by atoms with E-state index in [1.807, 2.05) is 59.3 Å². The lowest BCUT2D eigenvalue weighted by molar-refractivity contribution is 0.895. The summed E-state index contributed by atoms with van der Waals surface area (Å²) in [5.74, 6) is 0.732. The van der Waals surface area contributed by atoms with Gasteiger partial charge in [0.15, 0.2) is 5.65 Å². The topological polar surface area (TPSA) is 55.6 Å². The van der Waals surface area contributed by atoms with Crippen LogP contribution < -0.4 is 5.32 Å². The van der Waals surface area contributed by atoms with Crippen molar-refractivity contribution < 1.29 is 0 Å². The van der Waals surface area contributed by atoms with Crippen LogP contribution in [0.1, 0.15) is 0 Å². The molecule has 2 aromatic heterocycles. The van der Waals surface area contributed by atoms with E-state index < -0.39 is 0 Å². The van der Waals surface area contributed by atoms with Gasteiger partial charge in [0, 0.05) is 10.2 Å². The molecule has 0 spiro atoms. The Hall–Kier alpha value is -2.73. The highest BCUT2D eigenvalue weighted by Gasteiger charge is 2.11. The molecular formula is C17H12BrN5. The highest BCUT2D eigenvalue weighted by Crippen LogP contribution is 2.25. The number of benzene rings is 2. The summed E-state index contributed by atoms with van der Waals surface area (Å²) in [4.78, 5) is 8.73. The highest BCUT2D eigenvalue weighted by atomic mass is 79.9. The fourth-order valence-corrected chi connectivity index (χ4v) is 2.80. The van der Waals surface area contributed by atoms with Crippen LogP contribution in [0.4, 0.5) is 11.5 Å². The molecule has 0 aliphatic rings. The Morgan fingerprint density at radius 2 is 1.83 bits per heavy atom. The van der Waals surface area contributed by atoms with E-state index in [0.717, 1.165) is 32.7 Å². The minimum atomic E-state index is 0.732.